The number of halogens is 2. The number of nitrogens with one attached hydrogen (secondary N) is 1. The van der Waals surface area contributed by atoms with E-state index in [1.165, 1.54) is 12.1 Å². The summed E-state index contributed by atoms with van der Waals surface area (Å²) < 4.78 is 26.7. The van der Waals surface area contributed by atoms with E-state index in [1.807, 2.05) is 30.3 Å². The average molecular weight is 346 g/mol. The Hall–Kier alpha value is -2.27. The molecule has 0 aliphatic carbocycles. The zero-order chi connectivity index (χ0) is 18.4. The van der Waals surface area contributed by atoms with Gasteiger partial charge in [-0.2, -0.15) is 0 Å². The molecule has 2 aromatic carbocycles. The second kappa shape index (κ2) is 8.72. The number of likely N-dealkylation sites (N-methyl/N-ethyl adjacent to an activating group) is 1. The number of hydrogen-bond donors (Lipinski definition) is 1. The van der Waals surface area contributed by atoms with Crippen molar-refractivity contribution < 1.29 is 13.6 Å². The standard InChI is InChI=1S/C20H24F2N2O/c1-14(2)20(15-7-5-4-6-8-15)23-19(25)13-24(3)12-16-9-10-17(21)11-18(16)22/h4-11,14,20H,12-13H2,1-3H3,(H,23,25)/t20-/m1/s1. The first-order valence-corrected chi connectivity index (χ1v) is 8.33. The molecule has 0 bridgehead atoms. The molecule has 2 aromatic rings. The number of nitrogens with zero attached hydrogens (tertiary/aromatic N) is 1. The van der Waals surface area contributed by atoms with Crippen LogP contribution in [0.15, 0.2) is 48.5 Å². The van der Waals surface area contributed by atoms with Crippen molar-refractivity contribution in [1.82, 2.24) is 10.2 Å². The molecule has 3 nitrogen and oxygen atoms in total. The third-order valence-electron chi connectivity index (χ3n) is 4.01. The fourth-order valence-corrected chi connectivity index (χ4v) is 2.76. The van der Waals surface area contributed by atoms with Gasteiger partial charge in [-0.25, -0.2) is 8.78 Å². The van der Waals surface area contributed by atoms with Gasteiger partial charge in [0, 0.05) is 18.2 Å². The van der Waals surface area contributed by atoms with E-state index in [2.05, 4.69) is 19.2 Å². The van der Waals surface area contributed by atoms with E-state index in [-0.39, 0.29) is 31.0 Å². The summed E-state index contributed by atoms with van der Waals surface area (Å²) in [5, 5.41) is 3.04. The van der Waals surface area contributed by atoms with Crippen LogP contribution in [-0.2, 0) is 11.3 Å². The summed E-state index contributed by atoms with van der Waals surface area (Å²) in [6, 6.07) is 13.2. The predicted octanol–water partition coefficient (Wildman–Crippen LogP) is 3.91. The Kier molecular flexibility index (Phi) is 6.65. The van der Waals surface area contributed by atoms with Crippen LogP contribution < -0.4 is 5.32 Å². The molecule has 0 aromatic heterocycles. The van der Waals surface area contributed by atoms with Gasteiger partial charge in [-0.1, -0.05) is 50.2 Å². The topological polar surface area (TPSA) is 32.3 Å². The lowest BCUT2D eigenvalue weighted by atomic mass is 9.96. The molecule has 0 aliphatic rings. The van der Waals surface area contributed by atoms with E-state index in [1.54, 1.807) is 11.9 Å². The van der Waals surface area contributed by atoms with Crippen LogP contribution in [0.25, 0.3) is 0 Å². The molecule has 0 saturated heterocycles. The van der Waals surface area contributed by atoms with Gasteiger partial charge in [0.2, 0.25) is 5.91 Å². The van der Waals surface area contributed by atoms with Gasteiger partial charge >= 0.3 is 0 Å². The maximum absolute atomic E-state index is 13.7. The van der Waals surface area contributed by atoms with Crippen molar-refractivity contribution in [2.75, 3.05) is 13.6 Å². The van der Waals surface area contributed by atoms with Crippen LogP contribution in [0.1, 0.15) is 31.0 Å². The lowest BCUT2D eigenvalue weighted by molar-refractivity contribution is -0.123. The second-order valence-corrected chi connectivity index (χ2v) is 6.61. The Bertz CT molecular complexity index is 704. The molecule has 1 N–H and O–H groups in total. The Morgan fingerprint density at radius 2 is 1.80 bits per heavy atom. The highest BCUT2D eigenvalue weighted by Gasteiger charge is 2.19. The Labute approximate surface area is 147 Å². The SMILES string of the molecule is CC(C)[C@@H](NC(=O)CN(C)Cc1ccc(F)cc1F)c1ccccc1. The van der Waals surface area contributed by atoms with E-state index in [4.69, 9.17) is 0 Å². The minimum absolute atomic E-state index is 0.0790. The molecule has 0 saturated carbocycles. The van der Waals surface area contributed by atoms with Crippen molar-refractivity contribution in [3.63, 3.8) is 0 Å². The van der Waals surface area contributed by atoms with Gasteiger partial charge in [0.1, 0.15) is 11.6 Å². The summed E-state index contributed by atoms with van der Waals surface area (Å²) in [5.41, 5.74) is 1.42. The number of benzene rings is 2. The molecule has 5 heteroatoms. The van der Waals surface area contributed by atoms with E-state index in [0.29, 0.717) is 5.56 Å². The van der Waals surface area contributed by atoms with Gasteiger partial charge in [0.15, 0.2) is 0 Å². The van der Waals surface area contributed by atoms with E-state index < -0.39 is 11.6 Å². The summed E-state index contributed by atoms with van der Waals surface area (Å²) in [6.07, 6.45) is 0. The molecule has 0 radical (unpaired) electrons. The normalized spacial score (nSPS) is 12.4. The first kappa shape index (κ1) is 19.1. The first-order chi connectivity index (χ1) is 11.9. The molecule has 2 rings (SSSR count). The Morgan fingerprint density at radius 3 is 2.40 bits per heavy atom. The number of hydrogen-bond acceptors (Lipinski definition) is 2. The van der Waals surface area contributed by atoms with Gasteiger partial charge in [-0.15, -0.1) is 0 Å². The third-order valence-corrected chi connectivity index (χ3v) is 4.01. The van der Waals surface area contributed by atoms with Crippen molar-refractivity contribution in [3.8, 4) is 0 Å². The van der Waals surface area contributed by atoms with Gasteiger partial charge in [0.05, 0.1) is 12.6 Å². The second-order valence-electron chi connectivity index (χ2n) is 6.61. The van der Waals surface area contributed by atoms with Crippen molar-refractivity contribution in [1.29, 1.82) is 0 Å². The molecular weight excluding hydrogens is 322 g/mol. The van der Waals surface area contributed by atoms with Gasteiger partial charge in [-0.3, -0.25) is 9.69 Å². The van der Waals surface area contributed by atoms with Crippen LogP contribution in [0.4, 0.5) is 8.78 Å². The van der Waals surface area contributed by atoms with Crippen LogP contribution in [0.5, 0.6) is 0 Å². The molecule has 134 valence electrons. The highest BCUT2D eigenvalue weighted by molar-refractivity contribution is 5.78. The number of amides is 1. The molecule has 1 amide bonds. The van der Waals surface area contributed by atoms with Crippen LogP contribution >= 0.6 is 0 Å². The fourth-order valence-electron chi connectivity index (χ4n) is 2.76. The summed E-state index contributed by atoms with van der Waals surface area (Å²) in [4.78, 5) is 14.1. The van der Waals surface area contributed by atoms with Crippen LogP contribution in [-0.4, -0.2) is 24.4 Å². The minimum Gasteiger partial charge on any atom is -0.348 e. The summed E-state index contributed by atoms with van der Waals surface area (Å²) >= 11 is 0. The molecule has 0 aliphatic heterocycles. The number of carbonyl (C=O) groups excluding carboxylic acids is 1. The zero-order valence-corrected chi connectivity index (χ0v) is 14.8. The third kappa shape index (κ3) is 5.64. The average Bonchev–Trinajstić information content (AvgIpc) is 2.55. The van der Waals surface area contributed by atoms with E-state index in [0.717, 1.165) is 11.6 Å². The molecule has 0 fully saturated rings. The van der Waals surface area contributed by atoms with E-state index >= 15 is 0 Å². The van der Waals surface area contributed by atoms with Crippen LogP contribution in [0, 0.1) is 17.6 Å². The summed E-state index contributed by atoms with van der Waals surface area (Å²) in [6.45, 7) is 4.47. The van der Waals surface area contributed by atoms with E-state index in [9.17, 15) is 13.6 Å². The number of rotatable bonds is 7. The highest BCUT2D eigenvalue weighted by atomic mass is 19.1. The molecule has 1 atom stereocenters. The Balaban J connectivity index is 1.96. The Morgan fingerprint density at radius 1 is 1.12 bits per heavy atom. The quantitative estimate of drug-likeness (QED) is 0.824. The van der Waals surface area contributed by atoms with Crippen LogP contribution in [0.3, 0.4) is 0 Å². The smallest absolute Gasteiger partial charge is 0.234 e. The van der Waals surface area contributed by atoms with Crippen molar-refractivity contribution in [3.05, 3.63) is 71.3 Å². The zero-order valence-electron chi connectivity index (χ0n) is 14.8. The molecule has 0 spiro atoms. The molecule has 25 heavy (non-hydrogen) atoms. The minimum atomic E-state index is -0.607. The number of carbonyl (C=O) groups is 1. The highest BCUT2D eigenvalue weighted by Crippen LogP contribution is 2.21. The summed E-state index contributed by atoms with van der Waals surface area (Å²) in [5.74, 6) is -1.10. The summed E-state index contributed by atoms with van der Waals surface area (Å²) in [7, 11) is 1.73. The largest absolute Gasteiger partial charge is 0.348 e. The van der Waals surface area contributed by atoms with Crippen LogP contribution in [0.2, 0.25) is 0 Å². The predicted molar refractivity (Wildman–Crippen MR) is 94.9 cm³/mol. The van der Waals surface area contributed by atoms with Gasteiger partial charge in [0.25, 0.3) is 0 Å². The van der Waals surface area contributed by atoms with Gasteiger partial charge in [-0.05, 0) is 24.6 Å². The molecule has 0 heterocycles. The maximum atomic E-state index is 13.7. The van der Waals surface area contributed by atoms with Crippen molar-refractivity contribution in [2.45, 2.75) is 26.4 Å². The molecule has 0 unspecified atom stereocenters. The fraction of sp³-hybridized carbons (Fsp3) is 0.350. The lowest BCUT2D eigenvalue weighted by Crippen LogP contribution is -2.38. The van der Waals surface area contributed by atoms with Crippen molar-refractivity contribution >= 4 is 5.91 Å². The lowest BCUT2D eigenvalue weighted by Gasteiger charge is -2.24. The van der Waals surface area contributed by atoms with Gasteiger partial charge < -0.3 is 5.32 Å². The first-order valence-electron chi connectivity index (χ1n) is 8.33. The maximum Gasteiger partial charge on any atom is 0.234 e. The monoisotopic (exact) mass is 346 g/mol. The van der Waals surface area contributed by atoms with Crippen molar-refractivity contribution in [2.24, 2.45) is 5.92 Å². The molecular formula is C20H24F2N2O.